The maximum Gasteiger partial charge on any atom is 0.242 e. The van der Waals surface area contributed by atoms with Gasteiger partial charge in [0.2, 0.25) is 11.8 Å². The van der Waals surface area contributed by atoms with Gasteiger partial charge in [0.25, 0.3) is 0 Å². The number of thioether (sulfide) groups is 1. The molecule has 1 aliphatic carbocycles. The van der Waals surface area contributed by atoms with Crippen molar-refractivity contribution < 1.29 is 9.59 Å². The Bertz CT molecular complexity index is 818. The van der Waals surface area contributed by atoms with E-state index >= 15 is 0 Å². The molecule has 25 heavy (non-hydrogen) atoms. The Morgan fingerprint density at radius 3 is 2.68 bits per heavy atom. The lowest BCUT2D eigenvalue weighted by Crippen LogP contribution is -2.43. The van der Waals surface area contributed by atoms with Crippen LogP contribution in [0, 0.1) is 0 Å². The van der Waals surface area contributed by atoms with Crippen LogP contribution >= 0.6 is 11.8 Å². The molecule has 1 saturated heterocycles. The van der Waals surface area contributed by atoms with Crippen molar-refractivity contribution in [3.63, 3.8) is 0 Å². The monoisotopic (exact) mass is 354 g/mol. The van der Waals surface area contributed by atoms with Gasteiger partial charge in [-0.2, -0.15) is 0 Å². The second kappa shape index (κ2) is 6.71. The first-order valence-corrected chi connectivity index (χ1v) is 9.94. The number of rotatable bonds is 5. The highest BCUT2D eigenvalue weighted by atomic mass is 32.2. The number of amides is 2. The highest BCUT2D eigenvalue weighted by Gasteiger charge is 2.37. The van der Waals surface area contributed by atoms with Crippen LogP contribution in [-0.2, 0) is 9.59 Å². The maximum atomic E-state index is 12.9. The van der Waals surface area contributed by atoms with Gasteiger partial charge in [-0.25, -0.2) is 0 Å². The minimum atomic E-state index is 0.0231. The van der Waals surface area contributed by atoms with E-state index in [-0.39, 0.29) is 24.4 Å². The van der Waals surface area contributed by atoms with Crippen LogP contribution in [0.4, 0.5) is 0 Å². The molecule has 0 bridgehead atoms. The van der Waals surface area contributed by atoms with Gasteiger partial charge < -0.3 is 9.80 Å². The van der Waals surface area contributed by atoms with Gasteiger partial charge in [0, 0.05) is 6.04 Å². The molecule has 1 heterocycles. The Labute approximate surface area is 152 Å². The SMILES string of the molecule is C[C@@H](c1ccc2ccccc2c1)N(C(=O)CN1CSCC1=O)C1CC1. The molecule has 0 spiro atoms. The van der Waals surface area contributed by atoms with Crippen LogP contribution in [0.15, 0.2) is 42.5 Å². The zero-order valence-corrected chi connectivity index (χ0v) is 15.2. The molecule has 2 aromatic rings. The van der Waals surface area contributed by atoms with E-state index in [1.54, 1.807) is 16.7 Å². The molecule has 4 nitrogen and oxygen atoms in total. The summed E-state index contributed by atoms with van der Waals surface area (Å²) < 4.78 is 0. The first kappa shape index (κ1) is 16.5. The zero-order valence-electron chi connectivity index (χ0n) is 14.4. The lowest BCUT2D eigenvalue weighted by Gasteiger charge is -2.31. The molecule has 2 fully saturated rings. The van der Waals surface area contributed by atoms with E-state index < -0.39 is 0 Å². The standard InChI is InChI=1S/C20H22N2O2S/c1-14(16-7-6-15-4-2-3-5-17(15)10-16)22(18-8-9-18)19(23)11-21-13-25-12-20(21)24/h2-7,10,14,18H,8-9,11-13H2,1H3/t14-/m0/s1. The molecule has 1 atom stereocenters. The molecule has 1 aliphatic heterocycles. The van der Waals surface area contributed by atoms with Crippen molar-refractivity contribution in [3.8, 4) is 0 Å². The summed E-state index contributed by atoms with van der Waals surface area (Å²) in [6.07, 6.45) is 2.12. The van der Waals surface area contributed by atoms with Crippen molar-refractivity contribution >= 4 is 34.3 Å². The minimum Gasteiger partial charge on any atom is -0.331 e. The van der Waals surface area contributed by atoms with Crippen molar-refractivity contribution in [2.45, 2.75) is 31.8 Å². The average Bonchev–Trinajstić information content (AvgIpc) is 3.37. The number of nitrogens with zero attached hydrogens (tertiary/aromatic N) is 2. The van der Waals surface area contributed by atoms with E-state index in [0.717, 1.165) is 18.4 Å². The molecule has 0 aromatic heterocycles. The normalized spacial score (nSPS) is 18.6. The summed E-state index contributed by atoms with van der Waals surface area (Å²) in [4.78, 5) is 28.4. The first-order chi connectivity index (χ1) is 12.1. The summed E-state index contributed by atoms with van der Waals surface area (Å²) in [6.45, 7) is 2.31. The number of hydrogen-bond donors (Lipinski definition) is 0. The van der Waals surface area contributed by atoms with Gasteiger partial charge in [-0.3, -0.25) is 9.59 Å². The molecule has 2 amide bonds. The fourth-order valence-electron chi connectivity index (χ4n) is 3.50. The minimum absolute atomic E-state index is 0.0231. The van der Waals surface area contributed by atoms with Crippen molar-refractivity contribution in [2.75, 3.05) is 18.2 Å². The fraction of sp³-hybridized carbons (Fsp3) is 0.400. The summed E-state index contributed by atoms with van der Waals surface area (Å²) in [6, 6.07) is 15.0. The first-order valence-electron chi connectivity index (χ1n) is 8.79. The molecule has 130 valence electrons. The second-order valence-electron chi connectivity index (χ2n) is 6.88. The van der Waals surface area contributed by atoms with E-state index in [1.165, 1.54) is 10.8 Å². The van der Waals surface area contributed by atoms with Gasteiger partial charge in [-0.1, -0.05) is 36.4 Å². The van der Waals surface area contributed by atoms with E-state index in [0.29, 0.717) is 17.7 Å². The Kier molecular flexibility index (Phi) is 4.42. The van der Waals surface area contributed by atoms with Crippen LogP contribution in [-0.4, -0.2) is 45.8 Å². The van der Waals surface area contributed by atoms with Crippen molar-refractivity contribution in [3.05, 3.63) is 48.0 Å². The number of hydrogen-bond acceptors (Lipinski definition) is 3. The van der Waals surface area contributed by atoms with Gasteiger partial charge >= 0.3 is 0 Å². The number of carbonyl (C=O) groups is 2. The maximum absolute atomic E-state index is 12.9. The van der Waals surface area contributed by atoms with Crippen molar-refractivity contribution in [2.24, 2.45) is 0 Å². The summed E-state index contributed by atoms with van der Waals surface area (Å²) in [5, 5.41) is 2.41. The predicted molar refractivity (Wildman–Crippen MR) is 101 cm³/mol. The molecule has 4 rings (SSSR count). The Morgan fingerprint density at radius 1 is 1.24 bits per heavy atom. The van der Waals surface area contributed by atoms with Crippen molar-refractivity contribution in [1.82, 2.24) is 9.80 Å². The van der Waals surface area contributed by atoms with Gasteiger partial charge in [0.05, 0.1) is 17.7 Å². The molecule has 5 heteroatoms. The van der Waals surface area contributed by atoms with Crippen LogP contribution in [0.3, 0.4) is 0 Å². The fourth-order valence-corrected chi connectivity index (χ4v) is 4.41. The number of benzene rings is 2. The van der Waals surface area contributed by atoms with Gasteiger partial charge in [0.1, 0.15) is 6.54 Å². The third kappa shape index (κ3) is 3.38. The third-order valence-electron chi connectivity index (χ3n) is 5.05. The number of fused-ring (bicyclic) bond motifs is 1. The molecule has 2 aliphatic rings. The molecular weight excluding hydrogens is 332 g/mol. The van der Waals surface area contributed by atoms with E-state index in [9.17, 15) is 9.59 Å². The van der Waals surface area contributed by atoms with E-state index in [4.69, 9.17) is 0 Å². The lowest BCUT2D eigenvalue weighted by atomic mass is 10.0. The molecule has 2 aromatic carbocycles. The van der Waals surface area contributed by atoms with Crippen LogP contribution in [0.5, 0.6) is 0 Å². The van der Waals surface area contributed by atoms with E-state index in [1.807, 2.05) is 17.0 Å². The predicted octanol–water partition coefficient (Wildman–Crippen LogP) is 3.42. The molecule has 0 radical (unpaired) electrons. The smallest absolute Gasteiger partial charge is 0.242 e. The lowest BCUT2D eigenvalue weighted by molar-refractivity contribution is -0.140. The van der Waals surface area contributed by atoms with Gasteiger partial charge in [-0.05, 0) is 42.2 Å². The topological polar surface area (TPSA) is 40.6 Å². The second-order valence-corrected chi connectivity index (χ2v) is 7.84. The highest BCUT2D eigenvalue weighted by molar-refractivity contribution is 8.00. The Balaban J connectivity index is 1.56. The van der Waals surface area contributed by atoms with Crippen LogP contribution in [0.1, 0.15) is 31.4 Å². The van der Waals surface area contributed by atoms with Crippen LogP contribution in [0.2, 0.25) is 0 Å². The molecule has 1 saturated carbocycles. The van der Waals surface area contributed by atoms with Crippen LogP contribution in [0.25, 0.3) is 10.8 Å². The highest BCUT2D eigenvalue weighted by Crippen LogP contribution is 2.35. The molecular formula is C20H22N2O2S. The summed E-state index contributed by atoms with van der Waals surface area (Å²) in [5.74, 6) is 1.27. The number of carbonyl (C=O) groups excluding carboxylic acids is 2. The summed E-state index contributed by atoms with van der Waals surface area (Å²) >= 11 is 1.58. The van der Waals surface area contributed by atoms with E-state index in [2.05, 4.69) is 37.3 Å². The van der Waals surface area contributed by atoms with Crippen molar-refractivity contribution in [1.29, 1.82) is 0 Å². The Morgan fingerprint density at radius 2 is 2.00 bits per heavy atom. The largest absolute Gasteiger partial charge is 0.331 e. The quantitative estimate of drug-likeness (QED) is 0.826. The third-order valence-corrected chi connectivity index (χ3v) is 6.00. The summed E-state index contributed by atoms with van der Waals surface area (Å²) in [7, 11) is 0. The Hall–Kier alpha value is -2.01. The van der Waals surface area contributed by atoms with Gasteiger partial charge in [-0.15, -0.1) is 11.8 Å². The molecule has 0 unspecified atom stereocenters. The van der Waals surface area contributed by atoms with Gasteiger partial charge in [0.15, 0.2) is 0 Å². The zero-order chi connectivity index (χ0) is 17.4. The average molecular weight is 354 g/mol. The summed E-state index contributed by atoms with van der Waals surface area (Å²) in [5.41, 5.74) is 1.15. The molecule has 0 N–H and O–H groups in total. The van der Waals surface area contributed by atoms with Crippen LogP contribution < -0.4 is 0 Å².